The van der Waals surface area contributed by atoms with Crippen LogP contribution in [0.25, 0.3) is 0 Å². The van der Waals surface area contributed by atoms with Crippen LogP contribution in [0.5, 0.6) is 0 Å². The van der Waals surface area contributed by atoms with Gasteiger partial charge in [0, 0.05) is 19.2 Å². The van der Waals surface area contributed by atoms with Gasteiger partial charge in [-0.1, -0.05) is 0 Å². The monoisotopic (exact) mass is 198 g/mol. The number of amides is 1. The lowest BCUT2D eigenvalue weighted by atomic mass is 10.2. The van der Waals surface area contributed by atoms with E-state index in [1.54, 1.807) is 0 Å². The Morgan fingerprint density at radius 2 is 2.31 bits per heavy atom. The molecule has 2 aliphatic heterocycles. The molecule has 2 heterocycles. The highest BCUT2D eigenvalue weighted by Crippen LogP contribution is 2.13. The van der Waals surface area contributed by atoms with Gasteiger partial charge in [-0.15, -0.1) is 12.4 Å². The Kier molecular flexibility index (Phi) is 2.88. The summed E-state index contributed by atoms with van der Waals surface area (Å²) in [6.07, 6.45) is 6.45. The molecule has 1 amide bonds. The van der Waals surface area contributed by atoms with Gasteiger partial charge in [-0.25, -0.2) is 0 Å². The Bertz CT molecular complexity index is 318. The predicted octanol–water partition coefficient (Wildman–Crippen LogP) is 1.51. The summed E-state index contributed by atoms with van der Waals surface area (Å²) in [6, 6.07) is 0. The summed E-state index contributed by atoms with van der Waals surface area (Å²) in [5, 5.41) is 0. The molecule has 0 radical (unpaired) electrons. The van der Waals surface area contributed by atoms with Gasteiger partial charge in [-0.2, -0.15) is 4.99 Å². The van der Waals surface area contributed by atoms with Gasteiger partial charge in [0.05, 0.1) is 0 Å². The highest BCUT2D eigenvalue weighted by molar-refractivity contribution is 6.04. The van der Waals surface area contributed by atoms with E-state index in [4.69, 9.17) is 0 Å². The van der Waals surface area contributed by atoms with Gasteiger partial charge in [0.25, 0.3) is 0 Å². The quantitative estimate of drug-likeness (QED) is 0.591. The van der Waals surface area contributed by atoms with Crippen LogP contribution in [0.4, 0.5) is 0 Å². The van der Waals surface area contributed by atoms with Crippen LogP contribution in [0.15, 0.2) is 28.9 Å². The molecule has 2 rings (SSSR count). The molecule has 0 N–H and O–H groups in total. The number of hydrogen-bond acceptors (Lipinski definition) is 2. The number of carbonyl (C=O) groups is 1. The minimum Gasteiger partial charge on any atom is -0.332 e. The van der Waals surface area contributed by atoms with Crippen LogP contribution in [-0.2, 0) is 4.79 Å². The zero-order valence-corrected chi connectivity index (χ0v) is 8.17. The molecule has 70 valence electrons. The summed E-state index contributed by atoms with van der Waals surface area (Å²) < 4.78 is 0. The number of rotatable bonds is 0. The van der Waals surface area contributed by atoms with Gasteiger partial charge in [0.1, 0.15) is 5.84 Å². The van der Waals surface area contributed by atoms with Crippen molar-refractivity contribution < 1.29 is 4.79 Å². The third-order valence-corrected chi connectivity index (χ3v) is 1.97. The lowest BCUT2D eigenvalue weighted by Crippen LogP contribution is -2.33. The number of fused-ring (bicyclic) bond motifs is 1. The molecular formula is C9H11ClN2O. The minimum atomic E-state index is -0.0133. The second-order valence-corrected chi connectivity index (χ2v) is 3.01. The molecule has 0 aromatic heterocycles. The number of halogens is 1. The van der Waals surface area contributed by atoms with Gasteiger partial charge >= 0.3 is 0 Å². The third kappa shape index (κ3) is 1.98. The van der Waals surface area contributed by atoms with Gasteiger partial charge in [0.2, 0.25) is 5.91 Å². The van der Waals surface area contributed by atoms with E-state index in [0.717, 1.165) is 18.0 Å². The SMILES string of the molecule is CC1=CC2=NC(=O)CCN2C=C1.Cl. The van der Waals surface area contributed by atoms with Crippen LogP contribution >= 0.6 is 12.4 Å². The first-order chi connectivity index (χ1) is 5.75. The molecular weight excluding hydrogens is 188 g/mol. The van der Waals surface area contributed by atoms with Crippen LogP contribution < -0.4 is 0 Å². The molecule has 0 aliphatic carbocycles. The van der Waals surface area contributed by atoms with Gasteiger partial charge in [-0.05, 0) is 24.6 Å². The molecule has 3 nitrogen and oxygen atoms in total. The Balaban J connectivity index is 0.000000845. The van der Waals surface area contributed by atoms with E-state index < -0.39 is 0 Å². The molecule has 0 fully saturated rings. The Morgan fingerprint density at radius 3 is 3.08 bits per heavy atom. The molecule has 0 unspecified atom stereocenters. The summed E-state index contributed by atoms with van der Waals surface area (Å²) >= 11 is 0. The Hall–Kier alpha value is -1.09. The van der Waals surface area contributed by atoms with E-state index in [2.05, 4.69) is 4.99 Å². The van der Waals surface area contributed by atoms with Crippen molar-refractivity contribution in [3.63, 3.8) is 0 Å². The Labute approximate surface area is 83.2 Å². The van der Waals surface area contributed by atoms with E-state index in [1.165, 1.54) is 0 Å². The van der Waals surface area contributed by atoms with Crippen molar-refractivity contribution in [3.05, 3.63) is 23.9 Å². The highest BCUT2D eigenvalue weighted by atomic mass is 35.5. The van der Waals surface area contributed by atoms with E-state index in [1.807, 2.05) is 30.2 Å². The van der Waals surface area contributed by atoms with Crippen LogP contribution in [0, 0.1) is 0 Å². The van der Waals surface area contributed by atoms with Crippen LogP contribution in [0.2, 0.25) is 0 Å². The van der Waals surface area contributed by atoms with Crippen molar-refractivity contribution in [2.24, 2.45) is 4.99 Å². The van der Waals surface area contributed by atoms with Gasteiger partial charge in [-0.3, -0.25) is 4.79 Å². The maximum absolute atomic E-state index is 11.0. The normalized spacial score (nSPS) is 20.1. The lowest BCUT2D eigenvalue weighted by Gasteiger charge is -2.25. The number of allylic oxidation sites excluding steroid dienone is 2. The van der Waals surface area contributed by atoms with Crippen LogP contribution in [0.3, 0.4) is 0 Å². The lowest BCUT2D eigenvalue weighted by molar-refractivity contribution is -0.118. The van der Waals surface area contributed by atoms with E-state index in [-0.39, 0.29) is 18.3 Å². The van der Waals surface area contributed by atoms with Crippen LogP contribution in [0.1, 0.15) is 13.3 Å². The highest BCUT2D eigenvalue weighted by Gasteiger charge is 2.17. The number of carbonyl (C=O) groups excluding carboxylic acids is 1. The van der Waals surface area contributed by atoms with Gasteiger partial charge in [0.15, 0.2) is 0 Å². The van der Waals surface area contributed by atoms with Crippen molar-refractivity contribution in [2.45, 2.75) is 13.3 Å². The molecule has 2 aliphatic rings. The summed E-state index contributed by atoms with van der Waals surface area (Å²) in [7, 11) is 0. The average molecular weight is 199 g/mol. The number of hydrogen-bond donors (Lipinski definition) is 0. The molecule has 0 bridgehead atoms. The predicted molar refractivity (Wildman–Crippen MR) is 53.9 cm³/mol. The first kappa shape index (κ1) is 9.99. The second-order valence-electron chi connectivity index (χ2n) is 3.01. The first-order valence-electron chi connectivity index (χ1n) is 4.00. The van der Waals surface area contributed by atoms with E-state index in [9.17, 15) is 4.79 Å². The topological polar surface area (TPSA) is 32.7 Å². The fourth-order valence-corrected chi connectivity index (χ4v) is 1.30. The first-order valence-corrected chi connectivity index (χ1v) is 4.00. The molecule has 0 aromatic carbocycles. The van der Waals surface area contributed by atoms with E-state index >= 15 is 0 Å². The van der Waals surface area contributed by atoms with Crippen molar-refractivity contribution in [3.8, 4) is 0 Å². The Morgan fingerprint density at radius 1 is 1.54 bits per heavy atom. The van der Waals surface area contributed by atoms with Crippen molar-refractivity contribution in [1.82, 2.24) is 4.90 Å². The largest absolute Gasteiger partial charge is 0.332 e. The van der Waals surface area contributed by atoms with Crippen molar-refractivity contribution in [2.75, 3.05) is 6.54 Å². The number of nitrogens with zero attached hydrogens (tertiary/aromatic N) is 2. The fourth-order valence-electron chi connectivity index (χ4n) is 1.30. The minimum absolute atomic E-state index is 0. The van der Waals surface area contributed by atoms with E-state index in [0.29, 0.717) is 6.42 Å². The molecule has 13 heavy (non-hydrogen) atoms. The molecule has 0 spiro atoms. The molecule has 0 atom stereocenters. The molecule has 4 heteroatoms. The fraction of sp³-hybridized carbons (Fsp3) is 0.333. The zero-order valence-electron chi connectivity index (χ0n) is 7.36. The third-order valence-electron chi connectivity index (χ3n) is 1.97. The average Bonchev–Trinajstić information content (AvgIpc) is 2.03. The number of aliphatic imine (C=N–C) groups is 1. The maximum Gasteiger partial charge on any atom is 0.249 e. The summed E-state index contributed by atoms with van der Waals surface area (Å²) in [5.74, 6) is 0.770. The second kappa shape index (κ2) is 3.75. The summed E-state index contributed by atoms with van der Waals surface area (Å²) in [5.41, 5.74) is 1.14. The standard InChI is InChI=1S/C9H10N2O.ClH/c1-7-2-4-11-5-3-9(12)10-8(11)6-7;/h2,4,6H,3,5H2,1H3;1H. The van der Waals surface area contributed by atoms with Crippen molar-refractivity contribution >= 4 is 24.1 Å². The smallest absolute Gasteiger partial charge is 0.249 e. The molecule has 0 saturated heterocycles. The molecule has 0 saturated carbocycles. The summed E-state index contributed by atoms with van der Waals surface area (Å²) in [6.45, 7) is 2.76. The summed E-state index contributed by atoms with van der Waals surface area (Å²) in [4.78, 5) is 16.9. The maximum atomic E-state index is 11.0. The van der Waals surface area contributed by atoms with Gasteiger partial charge < -0.3 is 4.90 Å². The zero-order chi connectivity index (χ0) is 8.55. The molecule has 0 aromatic rings. The van der Waals surface area contributed by atoms with Crippen molar-refractivity contribution in [1.29, 1.82) is 0 Å². The van der Waals surface area contributed by atoms with Crippen LogP contribution in [-0.4, -0.2) is 23.2 Å². The number of amidine groups is 1.